The van der Waals surface area contributed by atoms with E-state index in [0.717, 1.165) is 54.8 Å². The van der Waals surface area contributed by atoms with Gasteiger partial charge in [0.15, 0.2) is 5.16 Å². The van der Waals surface area contributed by atoms with E-state index in [9.17, 15) is 5.11 Å². The molecule has 0 bridgehead atoms. The van der Waals surface area contributed by atoms with Crippen molar-refractivity contribution in [2.24, 2.45) is 13.0 Å². The lowest BCUT2D eigenvalue weighted by Gasteiger charge is -2.33. The number of aromatic nitrogens is 4. The molecule has 130 valence electrons. The molecule has 1 aliphatic heterocycles. The first-order chi connectivity index (χ1) is 11.7. The third-order valence-electron chi connectivity index (χ3n) is 4.56. The number of hydrogen-bond acceptors (Lipinski definition) is 6. The SMILES string of the molecule is CCSc1ncc(CN2CCC([C@@H](O)c3nccn3C)CC2)cn1. The summed E-state index contributed by atoms with van der Waals surface area (Å²) in [6.45, 7) is 4.95. The molecule has 1 aliphatic rings. The summed E-state index contributed by atoms with van der Waals surface area (Å²) in [5.74, 6) is 2.04. The first-order valence-corrected chi connectivity index (χ1v) is 9.47. The molecule has 0 radical (unpaired) electrons. The van der Waals surface area contributed by atoms with Gasteiger partial charge in [-0.05, 0) is 37.6 Å². The van der Waals surface area contributed by atoms with E-state index in [1.54, 1.807) is 18.0 Å². The molecule has 1 atom stereocenters. The molecule has 1 N–H and O–H groups in total. The van der Waals surface area contributed by atoms with Crippen LogP contribution >= 0.6 is 11.8 Å². The van der Waals surface area contributed by atoms with Gasteiger partial charge in [-0.15, -0.1) is 0 Å². The van der Waals surface area contributed by atoms with E-state index in [1.807, 2.05) is 30.2 Å². The van der Waals surface area contributed by atoms with Crippen LogP contribution in [0.3, 0.4) is 0 Å². The summed E-state index contributed by atoms with van der Waals surface area (Å²) < 4.78 is 1.91. The van der Waals surface area contributed by atoms with Crippen LogP contribution in [0.15, 0.2) is 29.9 Å². The second-order valence-electron chi connectivity index (χ2n) is 6.26. The van der Waals surface area contributed by atoms with Crippen molar-refractivity contribution in [3.8, 4) is 0 Å². The summed E-state index contributed by atoms with van der Waals surface area (Å²) in [7, 11) is 1.93. The molecule has 6 nitrogen and oxygen atoms in total. The van der Waals surface area contributed by atoms with Gasteiger partial charge in [-0.2, -0.15) is 0 Å². The maximum atomic E-state index is 10.5. The molecule has 2 aromatic rings. The number of rotatable bonds is 6. The first-order valence-electron chi connectivity index (χ1n) is 8.48. The summed E-state index contributed by atoms with van der Waals surface area (Å²) in [5, 5.41) is 11.4. The number of imidazole rings is 1. The average Bonchev–Trinajstić information content (AvgIpc) is 3.03. The summed E-state index contributed by atoms with van der Waals surface area (Å²) >= 11 is 1.66. The molecular weight excluding hydrogens is 322 g/mol. The zero-order valence-electron chi connectivity index (χ0n) is 14.3. The predicted octanol–water partition coefficient (Wildman–Crippen LogP) is 2.27. The molecule has 0 spiro atoms. The molecule has 1 fully saturated rings. The Labute approximate surface area is 147 Å². The van der Waals surface area contributed by atoms with Gasteiger partial charge in [0.1, 0.15) is 11.9 Å². The molecule has 0 amide bonds. The summed E-state index contributed by atoms with van der Waals surface area (Å²) in [5.41, 5.74) is 1.15. The Kier molecular flexibility index (Phi) is 5.86. The number of hydrogen-bond donors (Lipinski definition) is 1. The molecular formula is C17H25N5OS. The number of aliphatic hydroxyl groups excluding tert-OH is 1. The number of aryl methyl sites for hydroxylation is 1. The molecule has 0 unspecified atom stereocenters. The topological polar surface area (TPSA) is 67.1 Å². The molecule has 0 aromatic carbocycles. The second kappa shape index (κ2) is 8.09. The van der Waals surface area contributed by atoms with Crippen LogP contribution in [0.25, 0.3) is 0 Å². The van der Waals surface area contributed by atoms with Gasteiger partial charge in [0.25, 0.3) is 0 Å². The van der Waals surface area contributed by atoms with Crippen LogP contribution in [0, 0.1) is 5.92 Å². The molecule has 0 aliphatic carbocycles. The maximum absolute atomic E-state index is 10.5. The number of piperidine rings is 1. The highest BCUT2D eigenvalue weighted by Crippen LogP contribution is 2.30. The Hall–Kier alpha value is -1.44. The van der Waals surface area contributed by atoms with Crippen LogP contribution in [0.2, 0.25) is 0 Å². The standard InChI is InChI=1S/C17H25N5OS/c1-3-24-17-19-10-13(11-20-17)12-22-7-4-14(5-8-22)15(23)16-18-6-9-21(16)2/h6,9-11,14-15,23H,3-5,7-8,12H2,1-2H3/t15-/m1/s1. The van der Waals surface area contributed by atoms with Crippen molar-refractivity contribution in [2.75, 3.05) is 18.8 Å². The van der Waals surface area contributed by atoms with E-state index in [1.165, 1.54) is 0 Å². The fourth-order valence-corrected chi connectivity index (χ4v) is 3.70. The van der Waals surface area contributed by atoms with Crippen LogP contribution in [-0.2, 0) is 13.6 Å². The van der Waals surface area contributed by atoms with Gasteiger partial charge in [-0.1, -0.05) is 18.7 Å². The molecule has 2 aromatic heterocycles. The van der Waals surface area contributed by atoms with Gasteiger partial charge in [-0.25, -0.2) is 15.0 Å². The van der Waals surface area contributed by atoms with Crippen molar-refractivity contribution in [3.05, 3.63) is 36.2 Å². The molecule has 3 rings (SSSR count). The van der Waals surface area contributed by atoms with E-state index >= 15 is 0 Å². The Morgan fingerprint density at radius 2 is 1.96 bits per heavy atom. The normalized spacial score (nSPS) is 18.0. The number of thioether (sulfide) groups is 1. The minimum absolute atomic E-state index is 0.280. The maximum Gasteiger partial charge on any atom is 0.187 e. The number of aliphatic hydroxyl groups is 1. The minimum atomic E-state index is -0.471. The lowest BCUT2D eigenvalue weighted by Crippen LogP contribution is -2.35. The quantitative estimate of drug-likeness (QED) is 0.639. The van der Waals surface area contributed by atoms with Gasteiger partial charge in [-0.3, -0.25) is 4.90 Å². The van der Waals surface area contributed by atoms with Gasteiger partial charge in [0.05, 0.1) is 0 Å². The van der Waals surface area contributed by atoms with Crippen LogP contribution in [0.5, 0.6) is 0 Å². The van der Waals surface area contributed by atoms with Crippen LogP contribution < -0.4 is 0 Å². The highest BCUT2D eigenvalue weighted by atomic mass is 32.2. The Morgan fingerprint density at radius 3 is 2.54 bits per heavy atom. The van der Waals surface area contributed by atoms with E-state index in [0.29, 0.717) is 0 Å². The average molecular weight is 347 g/mol. The Morgan fingerprint density at radius 1 is 1.25 bits per heavy atom. The van der Waals surface area contributed by atoms with E-state index in [2.05, 4.69) is 26.8 Å². The van der Waals surface area contributed by atoms with Crippen molar-refractivity contribution in [1.82, 2.24) is 24.4 Å². The van der Waals surface area contributed by atoms with Crippen molar-refractivity contribution in [2.45, 2.75) is 37.6 Å². The third-order valence-corrected chi connectivity index (χ3v) is 5.32. The molecule has 7 heteroatoms. The molecule has 3 heterocycles. The van der Waals surface area contributed by atoms with Gasteiger partial charge in [0.2, 0.25) is 0 Å². The van der Waals surface area contributed by atoms with Crippen LogP contribution in [0.4, 0.5) is 0 Å². The van der Waals surface area contributed by atoms with Crippen molar-refractivity contribution in [1.29, 1.82) is 0 Å². The smallest absolute Gasteiger partial charge is 0.187 e. The lowest BCUT2D eigenvalue weighted by atomic mass is 9.90. The van der Waals surface area contributed by atoms with Gasteiger partial charge >= 0.3 is 0 Å². The Bertz CT molecular complexity index is 637. The summed E-state index contributed by atoms with van der Waals surface area (Å²) in [4.78, 5) is 15.5. The minimum Gasteiger partial charge on any atom is -0.385 e. The van der Waals surface area contributed by atoms with Gasteiger partial charge in [0, 0.05) is 43.9 Å². The fourth-order valence-electron chi connectivity index (χ4n) is 3.19. The molecule has 0 saturated carbocycles. The van der Waals surface area contributed by atoms with Crippen molar-refractivity contribution in [3.63, 3.8) is 0 Å². The van der Waals surface area contributed by atoms with Gasteiger partial charge < -0.3 is 9.67 Å². The lowest BCUT2D eigenvalue weighted by molar-refractivity contribution is 0.0491. The zero-order valence-corrected chi connectivity index (χ0v) is 15.1. The van der Waals surface area contributed by atoms with E-state index in [4.69, 9.17) is 0 Å². The summed E-state index contributed by atoms with van der Waals surface area (Å²) in [6, 6.07) is 0. The van der Waals surface area contributed by atoms with E-state index < -0.39 is 6.10 Å². The largest absolute Gasteiger partial charge is 0.385 e. The fraction of sp³-hybridized carbons (Fsp3) is 0.588. The third kappa shape index (κ3) is 4.15. The molecule has 24 heavy (non-hydrogen) atoms. The Balaban J connectivity index is 1.51. The zero-order chi connectivity index (χ0) is 16.9. The number of nitrogens with zero attached hydrogens (tertiary/aromatic N) is 5. The van der Waals surface area contributed by atoms with Crippen molar-refractivity contribution >= 4 is 11.8 Å². The highest BCUT2D eigenvalue weighted by molar-refractivity contribution is 7.99. The highest BCUT2D eigenvalue weighted by Gasteiger charge is 2.28. The monoisotopic (exact) mass is 347 g/mol. The number of likely N-dealkylation sites (tertiary alicyclic amines) is 1. The van der Waals surface area contributed by atoms with Crippen LogP contribution in [0.1, 0.15) is 37.3 Å². The first kappa shape index (κ1) is 17.4. The van der Waals surface area contributed by atoms with Crippen molar-refractivity contribution < 1.29 is 5.11 Å². The second-order valence-corrected chi connectivity index (χ2v) is 7.49. The predicted molar refractivity (Wildman–Crippen MR) is 94.6 cm³/mol. The van der Waals surface area contributed by atoms with E-state index in [-0.39, 0.29) is 5.92 Å². The summed E-state index contributed by atoms with van der Waals surface area (Å²) in [6.07, 6.45) is 8.99. The van der Waals surface area contributed by atoms with Crippen LogP contribution in [-0.4, -0.2) is 48.4 Å². The molecule has 1 saturated heterocycles.